The minimum Gasteiger partial charge on any atom is -0.464 e. The summed E-state index contributed by atoms with van der Waals surface area (Å²) in [7, 11) is 0. The summed E-state index contributed by atoms with van der Waals surface area (Å²) in [4.78, 5) is 52.5. The monoisotopic (exact) mass is 390 g/mol. The molecule has 1 saturated heterocycles. The van der Waals surface area contributed by atoms with Gasteiger partial charge in [-0.1, -0.05) is 12.1 Å². The molecule has 1 aromatic rings. The second-order valence-corrected chi connectivity index (χ2v) is 6.67. The van der Waals surface area contributed by atoms with Crippen LogP contribution in [0.25, 0.3) is 0 Å². The predicted molar refractivity (Wildman–Crippen MR) is 95.5 cm³/mol. The number of Topliss-reactive ketones (excluding diaryl/α,β-unsaturated/α-hetero) is 1. The number of hydrogen-bond acceptors (Lipinski definition) is 8. The number of anilines is 1. The molecule has 2 atom stereocenters. The highest BCUT2D eigenvalue weighted by Gasteiger charge is 2.68. The molecule has 0 aromatic heterocycles. The van der Waals surface area contributed by atoms with Gasteiger partial charge < -0.3 is 9.47 Å². The summed E-state index contributed by atoms with van der Waals surface area (Å²) >= 11 is 0. The van der Waals surface area contributed by atoms with Crippen LogP contribution in [-0.4, -0.2) is 58.7 Å². The first kappa shape index (κ1) is 19.8. The molecule has 9 nitrogen and oxygen atoms in total. The van der Waals surface area contributed by atoms with Crippen molar-refractivity contribution >= 4 is 29.3 Å². The Hall–Kier alpha value is -2.94. The smallest absolute Gasteiger partial charge is 0.344 e. The van der Waals surface area contributed by atoms with Crippen LogP contribution in [-0.2, 0) is 23.9 Å². The number of ether oxygens (including phenoxy) is 2. The number of benzene rings is 1. The van der Waals surface area contributed by atoms with Gasteiger partial charge in [-0.25, -0.2) is 14.7 Å². The quantitative estimate of drug-likeness (QED) is 0.588. The second kappa shape index (κ2) is 7.23. The Kier molecular flexibility index (Phi) is 5.12. The fraction of sp³-hybridized carbons (Fsp3) is 0.474. The van der Waals surface area contributed by atoms with Crippen molar-refractivity contribution in [1.29, 1.82) is 0 Å². The Bertz CT molecular complexity index is 819. The molecule has 1 amide bonds. The normalized spacial score (nSPS) is 22.4. The molecule has 28 heavy (non-hydrogen) atoms. The van der Waals surface area contributed by atoms with Gasteiger partial charge in [-0.2, -0.15) is 0 Å². The molecule has 0 spiro atoms. The highest BCUT2D eigenvalue weighted by Crippen LogP contribution is 2.47. The molecule has 0 saturated carbocycles. The molecule has 150 valence electrons. The van der Waals surface area contributed by atoms with Crippen molar-refractivity contribution in [2.24, 2.45) is 5.92 Å². The molecule has 1 N–H and O–H groups in total. The predicted octanol–water partition coefficient (Wildman–Crippen LogP) is 1.14. The SMILES string of the molecule is CCOC(=O)C1(C(=O)OCC)CC(C(C)=O)C2N(O)c3ccccc3C(=O)N21. The van der Waals surface area contributed by atoms with E-state index in [-0.39, 0.29) is 36.7 Å². The molecular formula is C19H22N2O7. The molecule has 3 rings (SSSR count). The first-order valence-electron chi connectivity index (χ1n) is 9.06. The number of hydroxylamine groups is 1. The lowest BCUT2D eigenvalue weighted by Crippen LogP contribution is -2.66. The first-order valence-corrected chi connectivity index (χ1v) is 9.06. The summed E-state index contributed by atoms with van der Waals surface area (Å²) < 4.78 is 10.2. The molecule has 0 radical (unpaired) electrons. The van der Waals surface area contributed by atoms with Gasteiger partial charge in [0.15, 0.2) is 0 Å². The zero-order chi connectivity index (χ0) is 20.6. The van der Waals surface area contributed by atoms with Crippen molar-refractivity contribution in [1.82, 2.24) is 4.90 Å². The van der Waals surface area contributed by atoms with Crippen LogP contribution in [0.5, 0.6) is 0 Å². The van der Waals surface area contributed by atoms with Crippen LogP contribution in [0.2, 0.25) is 0 Å². The maximum atomic E-state index is 13.3. The lowest BCUT2D eigenvalue weighted by atomic mass is 9.89. The van der Waals surface area contributed by atoms with Crippen LogP contribution >= 0.6 is 0 Å². The lowest BCUT2D eigenvalue weighted by molar-refractivity contribution is -0.172. The molecule has 2 heterocycles. The van der Waals surface area contributed by atoms with Gasteiger partial charge in [0.1, 0.15) is 11.9 Å². The van der Waals surface area contributed by atoms with Gasteiger partial charge >= 0.3 is 11.9 Å². The Morgan fingerprint density at radius 3 is 2.25 bits per heavy atom. The number of nitrogens with zero attached hydrogens (tertiary/aromatic N) is 2. The Morgan fingerprint density at radius 1 is 1.14 bits per heavy atom. The van der Waals surface area contributed by atoms with Gasteiger partial charge in [-0.15, -0.1) is 0 Å². The van der Waals surface area contributed by atoms with E-state index in [0.717, 1.165) is 9.96 Å². The number of esters is 2. The van der Waals surface area contributed by atoms with Crippen LogP contribution in [0.1, 0.15) is 37.6 Å². The molecule has 2 unspecified atom stereocenters. The van der Waals surface area contributed by atoms with Gasteiger partial charge in [0.2, 0.25) is 5.54 Å². The number of rotatable bonds is 5. The van der Waals surface area contributed by atoms with Gasteiger partial charge in [-0.3, -0.25) is 19.7 Å². The zero-order valence-electron chi connectivity index (χ0n) is 15.9. The summed E-state index contributed by atoms with van der Waals surface area (Å²) in [5.41, 5.74) is -1.86. The summed E-state index contributed by atoms with van der Waals surface area (Å²) in [6, 6.07) is 6.22. The first-order chi connectivity index (χ1) is 13.3. The molecule has 1 aromatic carbocycles. The molecule has 0 aliphatic carbocycles. The van der Waals surface area contributed by atoms with E-state index < -0.39 is 35.5 Å². The summed E-state index contributed by atoms with van der Waals surface area (Å²) in [6.07, 6.45) is -1.56. The van der Waals surface area contributed by atoms with Crippen molar-refractivity contribution in [2.45, 2.75) is 38.9 Å². The van der Waals surface area contributed by atoms with Crippen LogP contribution in [0.3, 0.4) is 0 Å². The van der Waals surface area contributed by atoms with Crippen molar-refractivity contribution in [3.05, 3.63) is 29.8 Å². The minimum atomic E-state index is -2.15. The van der Waals surface area contributed by atoms with E-state index in [4.69, 9.17) is 9.47 Å². The third kappa shape index (κ3) is 2.65. The minimum absolute atomic E-state index is 0.0309. The largest absolute Gasteiger partial charge is 0.464 e. The number of fused-ring (bicyclic) bond motifs is 2. The Morgan fingerprint density at radius 2 is 1.71 bits per heavy atom. The maximum absolute atomic E-state index is 13.3. The third-order valence-corrected chi connectivity index (χ3v) is 5.15. The van der Waals surface area contributed by atoms with E-state index in [0.29, 0.717) is 0 Å². The van der Waals surface area contributed by atoms with Gasteiger partial charge in [0.05, 0.1) is 30.4 Å². The highest BCUT2D eigenvalue weighted by molar-refractivity contribution is 6.14. The van der Waals surface area contributed by atoms with Crippen LogP contribution in [0.4, 0.5) is 5.69 Å². The van der Waals surface area contributed by atoms with E-state index in [1.54, 1.807) is 26.0 Å². The number of carbonyl (C=O) groups excluding carboxylic acids is 4. The van der Waals surface area contributed by atoms with Gasteiger partial charge in [0, 0.05) is 6.42 Å². The molecule has 0 bridgehead atoms. The highest BCUT2D eigenvalue weighted by atomic mass is 16.6. The Labute approximate surface area is 161 Å². The summed E-state index contributed by atoms with van der Waals surface area (Å²) in [6.45, 7) is 4.36. The van der Waals surface area contributed by atoms with Crippen LogP contribution < -0.4 is 5.06 Å². The van der Waals surface area contributed by atoms with E-state index in [9.17, 15) is 24.4 Å². The molecular weight excluding hydrogens is 368 g/mol. The third-order valence-electron chi connectivity index (χ3n) is 5.15. The van der Waals surface area contributed by atoms with E-state index in [2.05, 4.69) is 0 Å². The standard InChI is InChI=1S/C19H22N2O7/c1-4-27-17(24)19(18(25)28-5-2)10-13(11(3)22)15-20(19)16(23)12-8-6-7-9-14(12)21(15)26/h6-9,13,15,26H,4-5,10H2,1-3H3. The van der Waals surface area contributed by atoms with Crippen molar-refractivity contribution in [3.8, 4) is 0 Å². The van der Waals surface area contributed by atoms with E-state index in [1.807, 2.05) is 0 Å². The molecule has 2 aliphatic rings. The maximum Gasteiger partial charge on any atom is 0.344 e. The number of ketones is 1. The Balaban J connectivity index is 2.24. The lowest BCUT2D eigenvalue weighted by Gasteiger charge is -2.43. The second-order valence-electron chi connectivity index (χ2n) is 6.67. The average Bonchev–Trinajstić information content (AvgIpc) is 3.04. The number of hydrogen-bond donors (Lipinski definition) is 1. The van der Waals surface area contributed by atoms with Crippen LogP contribution in [0.15, 0.2) is 24.3 Å². The van der Waals surface area contributed by atoms with Crippen LogP contribution in [0, 0.1) is 5.92 Å². The number of amides is 1. The van der Waals surface area contributed by atoms with E-state index >= 15 is 0 Å². The molecule has 1 fully saturated rings. The average molecular weight is 390 g/mol. The van der Waals surface area contributed by atoms with Gasteiger partial charge in [0.25, 0.3) is 5.91 Å². The fourth-order valence-corrected chi connectivity index (χ4v) is 3.93. The van der Waals surface area contributed by atoms with Crippen molar-refractivity contribution in [2.75, 3.05) is 18.3 Å². The molecule has 9 heteroatoms. The van der Waals surface area contributed by atoms with E-state index in [1.165, 1.54) is 19.1 Å². The van der Waals surface area contributed by atoms with Crippen molar-refractivity contribution in [3.63, 3.8) is 0 Å². The van der Waals surface area contributed by atoms with Gasteiger partial charge in [-0.05, 0) is 32.9 Å². The van der Waals surface area contributed by atoms with Crippen molar-refractivity contribution < 1.29 is 33.9 Å². The fourth-order valence-electron chi connectivity index (χ4n) is 3.93. The summed E-state index contributed by atoms with van der Waals surface area (Å²) in [5, 5.41) is 11.6. The zero-order valence-corrected chi connectivity index (χ0v) is 15.9. The topological polar surface area (TPSA) is 113 Å². The number of para-hydroxylation sites is 1. The summed E-state index contributed by atoms with van der Waals surface area (Å²) in [5.74, 6) is -3.99. The number of carbonyl (C=O) groups is 4. The molecule has 2 aliphatic heterocycles.